The average molecular weight is 469 g/mol. The molecule has 3 heteroatoms. The molecule has 0 saturated heterocycles. The molecule has 0 heterocycles. The third-order valence-corrected chi connectivity index (χ3v) is 7.94. The maximum atomic E-state index is 6.75. The summed E-state index contributed by atoms with van der Waals surface area (Å²) in [5, 5.41) is 0. The lowest BCUT2D eigenvalue weighted by Crippen LogP contribution is -2.46. The average Bonchev–Trinajstić information content (AvgIpc) is 2.89. The largest absolute Gasteiger partial charge is 0.421 e. The SMILES string of the molecule is CC(Oc1cccc2c1CCCC2)(Oc1cccc2c1CCCC2)Oc1cccc2c1CCCC2. The Balaban J connectivity index is 1.39. The van der Waals surface area contributed by atoms with Gasteiger partial charge in [0.25, 0.3) is 0 Å². The lowest BCUT2D eigenvalue weighted by Gasteiger charge is -2.35. The predicted octanol–water partition coefficient (Wildman–Crippen LogP) is 7.53. The first-order valence-corrected chi connectivity index (χ1v) is 13.6. The van der Waals surface area contributed by atoms with Crippen molar-refractivity contribution in [1.29, 1.82) is 0 Å². The standard InChI is InChI=1S/C32H36O3/c1-32(33-29-20-8-14-23-11-2-5-17-26(23)29,34-30-21-9-15-24-12-3-6-18-27(24)30)35-31-22-10-16-25-13-4-7-19-28(25)31/h8-10,14-16,20-22H,2-7,11-13,17-19H2,1H3. The van der Waals surface area contributed by atoms with Crippen molar-refractivity contribution in [3.63, 3.8) is 0 Å². The molecule has 0 N–H and O–H groups in total. The van der Waals surface area contributed by atoms with Crippen molar-refractivity contribution in [2.75, 3.05) is 0 Å². The fraction of sp³-hybridized carbons (Fsp3) is 0.438. The molecule has 0 atom stereocenters. The van der Waals surface area contributed by atoms with Crippen LogP contribution in [0.1, 0.15) is 78.8 Å². The van der Waals surface area contributed by atoms with Crippen molar-refractivity contribution in [2.24, 2.45) is 0 Å². The predicted molar refractivity (Wildman–Crippen MR) is 140 cm³/mol. The van der Waals surface area contributed by atoms with Gasteiger partial charge in [-0.1, -0.05) is 36.4 Å². The zero-order valence-electron chi connectivity index (χ0n) is 20.9. The molecule has 3 nitrogen and oxygen atoms in total. The second kappa shape index (κ2) is 9.60. The Morgan fingerprint density at radius 1 is 0.457 bits per heavy atom. The van der Waals surface area contributed by atoms with Gasteiger partial charge in [-0.15, -0.1) is 0 Å². The normalized spacial score (nSPS) is 17.1. The van der Waals surface area contributed by atoms with E-state index >= 15 is 0 Å². The van der Waals surface area contributed by atoms with Crippen LogP contribution in [-0.4, -0.2) is 5.97 Å². The summed E-state index contributed by atoms with van der Waals surface area (Å²) in [6, 6.07) is 19.3. The van der Waals surface area contributed by atoms with Crippen molar-refractivity contribution in [3.05, 3.63) is 88.0 Å². The van der Waals surface area contributed by atoms with Crippen LogP contribution in [0.3, 0.4) is 0 Å². The summed E-state index contributed by atoms with van der Waals surface area (Å²) >= 11 is 0. The van der Waals surface area contributed by atoms with Gasteiger partial charge in [0.05, 0.1) is 6.92 Å². The van der Waals surface area contributed by atoms with Gasteiger partial charge in [0.1, 0.15) is 17.2 Å². The molecule has 3 aromatic rings. The van der Waals surface area contributed by atoms with Crippen LogP contribution in [0.5, 0.6) is 17.2 Å². The van der Waals surface area contributed by atoms with Crippen molar-refractivity contribution in [2.45, 2.75) is 89.9 Å². The van der Waals surface area contributed by atoms with E-state index in [4.69, 9.17) is 14.2 Å². The first-order valence-electron chi connectivity index (χ1n) is 13.6. The van der Waals surface area contributed by atoms with Gasteiger partial charge in [0, 0.05) is 0 Å². The summed E-state index contributed by atoms with van der Waals surface area (Å²) in [4.78, 5) is 0. The number of ether oxygens (including phenoxy) is 3. The van der Waals surface area contributed by atoms with Gasteiger partial charge in [-0.2, -0.15) is 0 Å². The monoisotopic (exact) mass is 468 g/mol. The molecular formula is C32H36O3. The molecule has 0 saturated carbocycles. The molecule has 0 fully saturated rings. The van der Waals surface area contributed by atoms with Gasteiger partial charge >= 0.3 is 5.97 Å². The van der Waals surface area contributed by atoms with E-state index in [1.54, 1.807) is 0 Å². The fourth-order valence-corrected chi connectivity index (χ4v) is 6.19. The molecule has 0 spiro atoms. The quantitative estimate of drug-likeness (QED) is 0.350. The molecular weight excluding hydrogens is 432 g/mol. The summed E-state index contributed by atoms with van der Waals surface area (Å²) < 4.78 is 20.2. The summed E-state index contributed by atoms with van der Waals surface area (Å²) in [6.45, 7) is 1.94. The van der Waals surface area contributed by atoms with Gasteiger partial charge in [-0.3, -0.25) is 0 Å². The van der Waals surface area contributed by atoms with Crippen LogP contribution >= 0.6 is 0 Å². The smallest absolute Gasteiger partial charge is 0.414 e. The molecule has 0 bridgehead atoms. The minimum atomic E-state index is -1.27. The number of hydrogen-bond donors (Lipinski definition) is 0. The maximum Gasteiger partial charge on any atom is 0.414 e. The van der Waals surface area contributed by atoms with E-state index in [0.29, 0.717) is 0 Å². The van der Waals surface area contributed by atoms with Crippen molar-refractivity contribution in [1.82, 2.24) is 0 Å². The van der Waals surface area contributed by atoms with Crippen LogP contribution in [0.2, 0.25) is 0 Å². The van der Waals surface area contributed by atoms with Gasteiger partial charge in [0.15, 0.2) is 0 Å². The highest BCUT2D eigenvalue weighted by Gasteiger charge is 2.36. The number of aryl methyl sites for hydroxylation is 3. The first-order chi connectivity index (χ1) is 17.2. The Bertz CT molecular complexity index is 1060. The highest BCUT2D eigenvalue weighted by Crippen LogP contribution is 2.38. The molecule has 0 radical (unpaired) electrons. The second-order valence-electron chi connectivity index (χ2n) is 10.5. The lowest BCUT2D eigenvalue weighted by molar-refractivity contribution is -0.239. The zero-order valence-corrected chi connectivity index (χ0v) is 20.9. The topological polar surface area (TPSA) is 27.7 Å². The third kappa shape index (κ3) is 4.66. The molecule has 3 aromatic carbocycles. The molecule has 0 aliphatic heterocycles. The van der Waals surface area contributed by atoms with Gasteiger partial charge < -0.3 is 14.2 Å². The van der Waals surface area contributed by atoms with Gasteiger partial charge in [-0.05, 0) is 129 Å². The Hall–Kier alpha value is -2.94. The fourth-order valence-electron chi connectivity index (χ4n) is 6.19. The van der Waals surface area contributed by atoms with E-state index in [1.807, 2.05) is 6.92 Å². The Morgan fingerprint density at radius 3 is 1.11 bits per heavy atom. The van der Waals surface area contributed by atoms with E-state index in [1.165, 1.54) is 71.9 Å². The van der Waals surface area contributed by atoms with E-state index in [9.17, 15) is 0 Å². The second-order valence-corrected chi connectivity index (χ2v) is 10.5. The molecule has 6 rings (SSSR count). The molecule has 3 aliphatic carbocycles. The summed E-state index contributed by atoms with van der Waals surface area (Å²) in [7, 11) is 0. The summed E-state index contributed by atoms with van der Waals surface area (Å²) in [5.41, 5.74) is 8.10. The number of benzene rings is 3. The van der Waals surface area contributed by atoms with E-state index in [2.05, 4.69) is 54.6 Å². The molecule has 0 amide bonds. The van der Waals surface area contributed by atoms with Crippen molar-refractivity contribution >= 4 is 0 Å². The van der Waals surface area contributed by atoms with Crippen molar-refractivity contribution < 1.29 is 14.2 Å². The summed E-state index contributed by atoms with van der Waals surface area (Å²) in [5.74, 6) is 1.39. The minimum absolute atomic E-state index is 0.888. The van der Waals surface area contributed by atoms with Crippen molar-refractivity contribution in [3.8, 4) is 17.2 Å². The molecule has 0 unspecified atom stereocenters. The van der Waals surface area contributed by atoms with E-state index in [0.717, 1.165) is 55.8 Å². The molecule has 182 valence electrons. The van der Waals surface area contributed by atoms with E-state index < -0.39 is 5.97 Å². The number of hydrogen-bond acceptors (Lipinski definition) is 3. The highest BCUT2D eigenvalue weighted by molar-refractivity contribution is 5.45. The molecule has 3 aliphatic rings. The van der Waals surface area contributed by atoms with Crippen LogP contribution in [0, 0.1) is 0 Å². The van der Waals surface area contributed by atoms with Crippen LogP contribution in [-0.2, 0) is 38.5 Å². The van der Waals surface area contributed by atoms with Crippen LogP contribution in [0.15, 0.2) is 54.6 Å². The van der Waals surface area contributed by atoms with E-state index in [-0.39, 0.29) is 0 Å². The molecule has 0 aromatic heterocycles. The Kier molecular flexibility index (Phi) is 6.18. The number of rotatable bonds is 6. The number of fused-ring (bicyclic) bond motifs is 3. The highest BCUT2D eigenvalue weighted by atomic mass is 16.9. The Morgan fingerprint density at radius 2 is 0.771 bits per heavy atom. The van der Waals surface area contributed by atoms with Gasteiger partial charge in [-0.25, -0.2) is 0 Å². The zero-order chi connectivity index (χ0) is 23.7. The van der Waals surface area contributed by atoms with Gasteiger partial charge in [0.2, 0.25) is 0 Å². The maximum absolute atomic E-state index is 6.75. The lowest BCUT2D eigenvalue weighted by atomic mass is 9.91. The first kappa shape index (κ1) is 22.5. The summed E-state index contributed by atoms with van der Waals surface area (Å²) in [6.07, 6.45) is 13.8. The van der Waals surface area contributed by atoms with Crippen LogP contribution < -0.4 is 14.2 Å². The molecule has 35 heavy (non-hydrogen) atoms. The minimum Gasteiger partial charge on any atom is -0.421 e. The Labute approximate surface area is 209 Å². The third-order valence-electron chi connectivity index (χ3n) is 7.94. The van der Waals surface area contributed by atoms with Crippen LogP contribution in [0.25, 0.3) is 0 Å². The van der Waals surface area contributed by atoms with Crippen LogP contribution in [0.4, 0.5) is 0 Å².